The molecule has 0 bridgehead atoms. The molecule has 2 aromatic rings. The van der Waals surface area contributed by atoms with Gasteiger partial charge in [-0.25, -0.2) is 0 Å². The van der Waals surface area contributed by atoms with E-state index in [0.717, 1.165) is 6.21 Å². The highest BCUT2D eigenvalue weighted by Gasteiger charge is 2.18. The minimum absolute atomic E-state index is 0.0944. The van der Waals surface area contributed by atoms with Crippen molar-refractivity contribution in [1.82, 2.24) is 19.9 Å². The van der Waals surface area contributed by atoms with Crippen molar-refractivity contribution in [3.8, 4) is 5.69 Å². The van der Waals surface area contributed by atoms with Gasteiger partial charge in [0.05, 0.1) is 23.6 Å². The van der Waals surface area contributed by atoms with Crippen LogP contribution in [0.5, 0.6) is 0 Å². The number of hydrogen-bond acceptors (Lipinski definition) is 5. The Hall–Kier alpha value is -2.96. The van der Waals surface area contributed by atoms with Crippen molar-refractivity contribution in [2.24, 2.45) is 5.73 Å². The van der Waals surface area contributed by atoms with E-state index in [1.165, 1.54) is 10.9 Å². The lowest BCUT2D eigenvalue weighted by molar-refractivity contribution is 0.0766. The molecule has 7 nitrogen and oxygen atoms in total. The van der Waals surface area contributed by atoms with Crippen molar-refractivity contribution >= 4 is 12.1 Å². The van der Waals surface area contributed by atoms with Crippen molar-refractivity contribution in [3.05, 3.63) is 54.0 Å². The van der Waals surface area contributed by atoms with Gasteiger partial charge in [0.2, 0.25) is 0 Å². The Bertz CT molecular complexity index is 692. The van der Waals surface area contributed by atoms with E-state index in [-0.39, 0.29) is 5.91 Å². The average Bonchev–Trinajstić information content (AvgIpc) is 3.10. The van der Waals surface area contributed by atoms with Crippen LogP contribution in [0.1, 0.15) is 23.7 Å². The van der Waals surface area contributed by atoms with Crippen LogP contribution in [0.15, 0.2) is 48.4 Å². The summed E-state index contributed by atoms with van der Waals surface area (Å²) in [6.45, 7) is 2.98. The molecule has 0 aliphatic carbocycles. The Morgan fingerprint density at radius 3 is 2.70 bits per heavy atom. The molecule has 1 heterocycles. The van der Waals surface area contributed by atoms with Crippen LogP contribution in [0.2, 0.25) is 0 Å². The molecule has 0 saturated carbocycles. The van der Waals surface area contributed by atoms with Gasteiger partial charge in [0.15, 0.2) is 0 Å². The minimum Gasteiger partial charge on any atom is -0.402 e. The molecule has 1 aromatic heterocycles. The van der Waals surface area contributed by atoms with Crippen LogP contribution in [0.3, 0.4) is 0 Å². The van der Waals surface area contributed by atoms with E-state index in [9.17, 15) is 4.79 Å². The lowest BCUT2D eigenvalue weighted by Crippen LogP contribution is -2.33. The largest absolute Gasteiger partial charge is 0.402 e. The van der Waals surface area contributed by atoms with Gasteiger partial charge in [-0.05, 0) is 25.1 Å². The fraction of sp³-hybridized carbons (Fsp3) is 0.250. The Labute approximate surface area is 134 Å². The summed E-state index contributed by atoms with van der Waals surface area (Å²) in [5.74, 6) is -0.0944. The third-order valence-electron chi connectivity index (χ3n) is 3.41. The van der Waals surface area contributed by atoms with Gasteiger partial charge in [-0.1, -0.05) is 12.1 Å². The predicted molar refractivity (Wildman–Crippen MR) is 88.6 cm³/mol. The topological polar surface area (TPSA) is 101 Å². The Morgan fingerprint density at radius 2 is 2.04 bits per heavy atom. The van der Waals surface area contributed by atoms with Gasteiger partial charge in [0.25, 0.3) is 5.91 Å². The van der Waals surface area contributed by atoms with Crippen LogP contribution in [-0.4, -0.2) is 45.1 Å². The third-order valence-corrected chi connectivity index (χ3v) is 3.41. The van der Waals surface area contributed by atoms with E-state index in [4.69, 9.17) is 11.1 Å². The van der Waals surface area contributed by atoms with Crippen molar-refractivity contribution < 1.29 is 4.79 Å². The fourth-order valence-electron chi connectivity index (χ4n) is 2.20. The van der Waals surface area contributed by atoms with Crippen molar-refractivity contribution in [2.75, 3.05) is 13.1 Å². The second kappa shape index (κ2) is 7.88. The van der Waals surface area contributed by atoms with Gasteiger partial charge < -0.3 is 16.0 Å². The third kappa shape index (κ3) is 4.03. The highest BCUT2D eigenvalue weighted by atomic mass is 16.2. The molecule has 0 spiro atoms. The zero-order valence-corrected chi connectivity index (χ0v) is 13.0. The number of amides is 1. The molecular formula is C16H20N6O. The molecule has 3 N–H and O–H groups in total. The van der Waals surface area contributed by atoms with Gasteiger partial charge >= 0.3 is 0 Å². The summed E-state index contributed by atoms with van der Waals surface area (Å²) in [5.41, 5.74) is 7.54. The predicted octanol–water partition coefficient (Wildman–Crippen LogP) is 1.61. The van der Waals surface area contributed by atoms with Crippen molar-refractivity contribution in [2.45, 2.75) is 13.3 Å². The monoisotopic (exact) mass is 312 g/mol. The van der Waals surface area contributed by atoms with Gasteiger partial charge in [0.1, 0.15) is 0 Å². The zero-order chi connectivity index (χ0) is 16.7. The molecule has 0 radical (unpaired) electrons. The quantitative estimate of drug-likeness (QED) is 0.758. The smallest absolute Gasteiger partial charge is 0.256 e. The van der Waals surface area contributed by atoms with Gasteiger partial charge in [-0.15, -0.1) is 0 Å². The average molecular weight is 312 g/mol. The fourth-order valence-corrected chi connectivity index (χ4v) is 2.20. The number of nitrogens with two attached hydrogens (primary N) is 1. The van der Waals surface area contributed by atoms with Crippen LogP contribution in [-0.2, 0) is 0 Å². The Balaban J connectivity index is 2.21. The molecule has 0 atom stereocenters. The van der Waals surface area contributed by atoms with E-state index < -0.39 is 0 Å². The molecule has 0 aliphatic rings. The lowest BCUT2D eigenvalue weighted by atomic mass is 10.1. The van der Waals surface area contributed by atoms with E-state index in [1.54, 1.807) is 23.4 Å². The van der Waals surface area contributed by atoms with Crippen molar-refractivity contribution in [1.29, 1.82) is 5.41 Å². The highest BCUT2D eigenvalue weighted by molar-refractivity contribution is 5.97. The molecular weight excluding hydrogens is 292 g/mol. The number of benzene rings is 1. The molecule has 0 saturated heterocycles. The molecule has 120 valence electrons. The molecule has 23 heavy (non-hydrogen) atoms. The molecule has 7 heteroatoms. The first-order valence-electron chi connectivity index (χ1n) is 7.37. The number of carbonyl (C=O) groups is 1. The summed E-state index contributed by atoms with van der Waals surface area (Å²) in [6.07, 6.45) is 6.34. The van der Waals surface area contributed by atoms with Gasteiger partial charge in [-0.2, -0.15) is 15.0 Å². The summed E-state index contributed by atoms with van der Waals surface area (Å²) in [4.78, 5) is 16.0. The van der Waals surface area contributed by atoms with Crippen LogP contribution >= 0.6 is 0 Å². The molecule has 2 rings (SSSR count). The number of carbonyl (C=O) groups excluding carboxylic acids is 1. The molecule has 0 fully saturated rings. The number of allylic oxidation sites excluding steroid dienone is 1. The Morgan fingerprint density at radius 1 is 1.35 bits per heavy atom. The Kier molecular flexibility index (Phi) is 5.62. The van der Waals surface area contributed by atoms with Crippen LogP contribution in [0.4, 0.5) is 0 Å². The van der Waals surface area contributed by atoms with E-state index in [1.807, 2.05) is 25.1 Å². The maximum absolute atomic E-state index is 12.8. The second-order valence-electron chi connectivity index (χ2n) is 4.88. The van der Waals surface area contributed by atoms with Crippen LogP contribution in [0, 0.1) is 5.41 Å². The summed E-state index contributed by atoms with van der Waals surface area (Å²) in [6, 6.07) is 7.23. The van der Waals surface area contributed by atoms with E-state index >= 15 is 0 Å². The summed E-state index contributed by atoms with van der Waals surface area (Å²) >= 11 is 0. The maximum atomic E-state index is 12.8. The molecule has 0 aliphatic heterocycles. The number of hydrogen-bond donors (Lipinski definition) is 2. The highest BCUT2D eigenvalue weighted by Crippen LogP contribution is 2.15. The van der Waals surface area contributed by atoms with Gasteiger partial charge in [0, 0.05) is 31.4 Å². The van der Waals surface area contributed by atoms with Crippen LogP contribution in [0.25, 0.3) is 5.69 Å². The first-order valence-corrected chi connectivity index (χ1v) is 7.37. The minimum atomic E-state index is -0.0944. The molecule has 1 aromatic carbocycles. The number of nitrogens with one attached hydrogen (secondary N) is 1. The standard InChI is InChI=1S/C16H20N6O/c1-2-21(12-8-13(18)7-9-17)16(23)14-5-3-4-6-15(14)22-19-10-11-20-22/h3-7,9-11,17H,2,8,12,18H2,1H3. The summed E-state index contributed by atoms with van der Waals surface area (Å²) in [5, 5.41) is 15.2. The SMILES string of the molecule is CCN(CCC(N)=CC=N)C(=O)c1ccccc1-n1nccn1. The number of para-hydroxylation sites is 1. The molecule has 1 amide bonds. The van der Waals surface area contributed by atoms with E-state index in [2.05, 4.69) is 10.2 Å². The lowest BCUT2D eigenvalue weighted by Gasteiger charge is -2.22. The number of nitrogens with zero attached hydrogens (tertiary/aromatic N) is 4. The maximum Gasteiger partial charge on any atom is 0.256 e. The first-order chi connectivity index (χ1) is 11.2. The van der Waals surface area contributed by atoms with E-state index in [0.29, 0.717) is 36.5 Å². The van der Waals surface area contributed by atoms with Gasteiger partial charge in [-0.3, -0.25) is 4.79 Å². The van der Waals surface area contributed by atoms with Crippen LogP contribution < -0.4 is 5.73 Å². The molecule has 0 unspecified atom stereocenters. The number of aromatic nitrogens is 3. The number of rotatable bonds is 7. The normalized spacial score (nSPS) is 11.3. The first kappa shape index (κ1) is 16.4. The zero-order valence-electron chi connectivity index (χ0n) is 13.0. The second-order valence-corrected chi connectivity index (χ2v) is 4.88. The summed E-state index contributed by atoms with van der Waals surface area (Å²) < 4.78 is 0. The van der Waals surface area contributed by atoms with Crippen molar-refractivity contribution in [3.63, 3.8) is 0 Å². The summed E-state index contributed by atoms with van der Waals surface area (Å²) in [7, 11) is 0.